The largest absolute Gasteiger partial charge is 0.347 e. The summed E-state index contributed by atoms with van der Waals surface area (Å²) in [5.74, 6) is 0.533. The Hall–Kier alpha value is -1.35. The number of amides is 1. The summed E-state index contributed by atoms with van der Waals surface area (Å²) in [4.78, 5) is 12.5. The van der Waals surface area contributed by atoms with Gasteiger partial charge in [-0.3, -0.25) is 4.79 Å². The molecule has 2 rings (SSSR count). The van der Waals surface area contributed by atoms with Crippen LogP contribution in [0.4, 0.5) is 0 Å². The Morgan fingerprint density at radius 1 is 1.30 bits per heavy atom. The first-order valence-electron chi connectivity index (χ1n) is 7.48. The van der Waals surface area contributed by atoms with Gasteiger partial charge in [-0.25, -0.2) is 0 Å². The maximum Gasteiger partial charge on any atom is 0.237 e. The van der Waals surface area contributed by atoms with Crippen LogP contribution in [0, 0.1) is 11.3 Å². The fraction of sp³-hybridized carbons (Fsp3) is 0.588. The molecule has 1 aromatic rings. The fourth-order valence-electron chi connectivity index (χ4n) is 2.86. The predicted octanol–water partition coefficient (Wildman–Crippen LogP) is 2.89. The first-order chi connectivity index (χ1) is 9.39. The highest BCUT2D eigenvalue weighted by Crippen LogP contribution is 2.33. The average molecular weight is 274 g/mol. The lowest BCUT2D eigenvalue weighted by Crippen LogP contribution is -2.47. The van der Waals surface area contributed by atoms with Crippen molar-refractivity contribution in [1.29, 1.82) is 0 Å². The van der Waals surface area contributed by atoms with Crippen LogP contribution in [0.5, 0.6) is 0 Å². The lowest BCUT2D eigenvalue weighted by molar-refractivity contribution is -0.125. The zero-order valence-electron chi connectivity index (χ0n) is 12.9. The molecule has 1 aliphatic heterocycles. The van der Waals surface area contributed by atoms with E-state index in [0.29, 0.717) is 5.92 Å². The van der Waals surface area contributed by atoms with Gasteiger partial charge < -0.3 is 10.6 Å². The predicted molar refractivity (Wildman–Crippen MR) is 82.4 cm³/mol. The molecule has 3 heteroatoms. The van der Waals surface area contributed by atoms with Crippen molar-refractivity contribution in [1.82, 2.24) is 10.6 Å². The number of rotatable bonds is 3. The molecule has 0 aliphatic carbocycles. The topological polar surface area (TPSA) is 41.1 Å². The van der Waals surface area contributed by atoms with E-state index < -0.39 is 0 Å². The van der Waals surface area contributed by atoms with Gasteiger partial charge in [-0.1, -0.05) is 58.0 Å². The van der Waals surface area contributed by atoms with E-state index in [-0.39, 0.29) is 23.4 Å². The maximum absolute atomic E-state index is 12.5. The van der Waals surface area contributed by atoms with Crippen molar-refractivity contribution in [2.24, 2.45) is 11.3 Å². The Bertz CT molecular complexity index is 450. The Balaban J connectivity index is 2.15. The van der Waals surface area contributed by atoms with Gasteiger partial charge in [0, 0.05) is 0 Å². The second kappa shape index (κ2) is 5.96. The summed E-state index contributed by atoms with van der Waals surface area (Å²) in [5.41, 5.74) is 1.15. The highest BCUT2D eigenvalue weighted by Gasteiger charge is 2.34. The fourth-order valence-corrected chi connectivity index (χ4v) is 2.86. The van der Waals surface area contributed by atoms with Crippen LogP contribution in [-0.4, -0.2) is 18.5 Å². The second-order valence-electron chi connectivity index (χ2n) is 6.92. The first-order valence-corrected chi connectivity index (χ1v) is 7.48. The smallest absolute Gasteiger partial charge is 0.237 e. The summed E-state index contributed by atoms with van der Waals surface area (Å²) in [7, 11) is 0. The molecule has 1 amide bonds. The Morgan fingerprint density at radius 2 is 1.95 bits per heavy atom. The van der Waals surface area contributed by atoms with Gasteiger partial charge in [0.1, 0.15) is 0 Å². The van der Waals surface area contributed by atoms with Crippen LogP contribution in [0.3, 0.4) is 0 Å². The average Bonchev–Trinajstić information content (AvgIpc) is 2.82. The van der Waals surface area contributed by atoms with E-state index in [9.17, 15) is 4.79 Å². The lowest BCUT2D eigenvalue weighted by Gasteiger charge is -2.33. The van der Waals surface area contributed by atoms with E-state index in [4.69, 9.17) is 0 Å². The molecule has 3 unspecified atom stereocenters. The third kappa shape index (κ3) is 3.40. The van der Waals surface area contributed by atoms with Gasteiger partial charge in [0.2, 0.25) is 5.91 Å². The maximum atomic E-state index is 12.5. The first kappa shape index (κ1) is 15.0. The van der Waals surface area contributed by atoms with Crippen LogP contribution in [0.15, 0.2) is 30.3 Å². The minimum Gasteiger partial charge on any atom is -0.347 e. The van der Waals surface area contributed by atoms with Crippen molar-refractivity contribution in [3.63, 3.8) is 0 Å². The van der Waals surface area contributed by atoms with Crippen molar-refractivity contribution in [2.75, 3.05) is 6.54 Å². The molecular weight excluding hydrogens is 248 g/mol. The van der Waals surface area contributed by atoms with E-state index in [1.807, 2.05) is 18.2 Å². The normalized spacial score (nSPS) is 24.4. The molecule has 1 fully saturated rings. The van der Waals surface area contributed by atoms with E-state index in [1.165, 1.54) is 5.56 Å². The number of hydrogen-bond donors (Lipinski definition) is 2. The van der Waals surface area contributed by atoms with Gasteiger partial charge in [-0.15, -0.1) is 0 Å². The highest BCUT2D eigenvalue weighted by molar-refractivity contribution is 5.82. The van der Waals surface area contributed by atoms with E-state index in [0.717, 1.165) is 13.0 Å². The van der Waals surface area contributed by atoms with Gasteiger partial charge in [-0.2, -0.15) is 0 Å². The van der Waals surface area contributed by atoms with Crippen molar-refractivity contribution in [2.45, 2.75) is 46.2 Å². The molecule has 3 atom stereocenters. The molecule has 1 heterocycles. The van der Waals surface area contributed by atoms with E-state index in [1.54, 1.807) is 0 Å². The standard InChI is InChI=1S/C17H26N2O/c1-12-10-11-18-14(12)16(20)19-15(17(2,3)4)13-8-6-5-7-9-13/h5-9,12,14-15,18H,10-11H2,1-4H3,(H,19,20). The highest BCUT2D eigenvalue weighted by atomic mass is 16.2. The Labute approximate surface area is 122 Å². The Morgan fingerprint density at radius 3 is 2.45 bits per heavy atom. The number of carbonyl (C=O) groups excluding carboxylic acids is 1. The lowest BCUT2D eigenvalue weighted by atomic mass is 9.82. The zero-order valence-corrected chi connectivity index (χ0v) is 12.9. The molecule has 3 nitrogen and oxygen atoms in total. The van der Waals surface area contributed by atoms with Gasteiger partial charge in [-0.05, 0) is 29.9 Å². The van der Waals surface area contributed by atoms with Crippen LogP contribution in [0.25, 0.3) is 0 Å². The van der Waals surface area contributed by atoms with E-state index >= 15 is 0 Å². The monoisotopic (exact) mass is 274 g/mol. The summed E-state index contributed by atoms with van der Waals surface area (Å²) in [5, 5.41) is 6.55. The summed E-state index contributed by atoms with van der Waals surface area (Å²) in [6.45, 7) is 9.56. The molecule has 1 aromatic carbocycles. The molecule has 20 heavy (non-hydrogen) atoms. The van der Waals surface area contributed by atoms with Crippen molar-refractivity contribution in [3.8, 4) is 0 Å². The molecule has 110 valence electrons. The number of nitrogens with one attached hydrogen (secondary N) is 2. The molecule has 0 bridgehead atoms. The van der Waals surface area contributed by atoms with Gasteiger partial charge >= 0.3 is 0 Å². The zero-order chi connectivity index (χ0) is 14.8. The molecule has 1 aliphatic rings. The third-order valence-corrected chi connectivity index (χ3v) is 4.10. The van der Waals surface area contributed by atoms with Crippen molar-refractivity contribution >= 4 is 5.91 Å². The summed E-state index contributed by atoms with van der Waals surface area (Å²) >= 11 is 0. The molecular formula is C17H26N2O. The van der Waals surface area contributed by atoms with Gasteiger partial charge in [0.15, 0.2) is 0 Å². The summed E-state index contributed by atoms with van der Waals surface area (Å²) in [6, 6.07) is 10.2. The molecule has 0 spiro atoms. The molecule has 1 saturated heterocycles. The summed E-state index contributed by atoms with van der Waals surface area (Å²) in [6.07, 6.45) is 1.07. The number of benzene rings is 1. The molecule has 0 radical (unpaired) electrons. The summed E-state index contributed by atoms with van der Waals surface area (Å²) < 4.78 is 0. The van der Waals surface area contributed by atoms with Gasteiger partial charge in [0.05, 0.1) is 12.1 Å². The Kier molecular flexibility index (Phi) is 4.48. The number of carbonyl (C=O) groups is 1. The van der Waals surface area contributed by atoms with Crippen LogP contribution < -0.4 is 10.6 Å². The van der Waals surface area contributed by atoms with Crippen molar-refractivity contribution in [3.05, 3.63) is 35.9 Å². The molecule has 0 aromatic heterocycles. The number of hydrogen-bond acceptors (Lipinski definition) is 2. The quantitative estimate of drug-likeness (QED) is 0.890. The van der Waals surface area contributed by atoms with Crippen LogP contribution in [0.1, 0.15) is 45.7 Å². The minimum atomic E-state index is -0.0523. The minimum absolute atomic E-state index is 0.0150. The van der Waals surface area contributed by atoms with Crippen LogP contribution in [-0.2, 0) is 4.79 Å². The molecule has 2 N–H and O–H groups in total. The SMILES string of the molecule is CC1CCNC1C(=O)NC(c1ccccc1)C(C)(C)C. The third-order valence-electron chi connectivity index (χ3n) is 4.10. The second-order valence-corrected chi connectivity index (χ2v) is 6.92. The van der Waals surface area contributed by atoms with Crippen LogP contribution in [0.2, 0.25) is 0 Å². The van der Waals surface area contributed by atoms with Crippen LogP contribution >= 0.6 is 0 Å². The van der Waals surface area contributed by atoms with E-state index in [2.05, 4.69) is 50.5 Å². The molecule has 0 saturated carbocycles. The van der Waals surface area contributed by atoms with Gasteiger partial charge in [0.25, 0.3) is 0 Å². The van der Waals surface area contributed by atoms with Crippen molar-refractivity contribution < 1.29 is 4.79 Å².